The van der Waals surface area contributed by atoms with Crippen LogP contribution in [-0.4, -0.2) is 47.7 Å². The Labute approximate surface area is 191 Å². The molecule has 0 saturated carbocycles. The first kappa shape index (κ1) is 29.6. The van der Waals surface area contributed by atoms with E-state index >= 15 is 0 Å². The van der Waals surface area contributed by atoms with E-state index in [1.165, 1.54) is 58.3 Å². The summed E-state index contributed by atoms with van der Waals surface area (Å²) in [5.74, 6) is -1.42. The van der Waals surface area contributed by atoms with Crippen LogP contribution in [0.15, 0.2) is 30.3 Å². The molecule has 1 atom stereocenters. The molecule has 1 aromatic rings. The number of carboxylic acid groups (broad SMARTS) is 1. The minimum absolute atomic E-state index is 0.375. The molecule has 180 valence electrons. The van der Waals surface area contributed by atoms with Crippen molar-refractivity contribution in [2.45, 2.75) is 92.0 Å². The third-order valence-corrected chi connectivity index (χ3v) is 11.7. The molecule has 0 aliphatic rings. The molecule has 31 heavy (non-hydrogen) atoms. The second kappa shape index (κ2) is 18.2. The molecule has 2 N–H and O–H groups in total. The van der Waals surface area contributed by atoms with E-state index in [0.717, 1.165) is 0 Å². The summed E-state index contributed by atoms with van der Waals surface area (Å²) in [7, 11) is -0.879. The van der Waals surface area contributed by atoms with Crippen LogP contribution < -0.4 is 5.32 Å². The Hall–Kier alpha value is -1.41. The molecule has 0 aliphatic carbocycles. The van der Waals surface area contributed by atoms with Crippen molar-refractivity contribution in [2.75, 3.05) is 24.6 Å². The van der Waals surface area contributed by atoms with Gasteiger partial charge in [0.05, 0.1) is 0 Å². The molecule has 0 saturated heterocycles. The number of carbonyl (C=O) groups is 2. The van der Waals surface area contributed by atoms with E-state index in [1.54, 1.807) is 55.0 Å². The number of rotatable bonds is 15. The maximum atomic E-state index is 11.4. The Morgan fingerprint density at radius 2 is 1.19 bits per heavy atom. The predicted molar refractivity (Wildman–Crippen MR) is 138 cm³/mol. The van der Waals surface area contributed by atoms with E-state index < -0.39 is 19.3 Å². The Bertz CT molecular complexity index is 554. The number of carboxylic acids is 1. The van der Waals surface area contributed by atoms with Crippen LogP contribution in [0.25, 0.3) is 0 Å². The van der Waals surface area contributed by atoms with Gasteiger partial charge in [-0.2, -0.15) is 0 Å². The molecule has 0 spiro atoms. The SMILES string of the molecule is CCCC[PH](CCCC)(CCCC)CCCC.C[C@H](NC(=O)c1ccccc1)C(=O)O. The summed E-state index contributed by atoms with van der Waals surface area (Å²) in [5, 5.41) is 10.9. The summed E-state index contributed by atoms with van der Waals surface area (Å²) in [6.07, 6.45) is 18.1. The molecule has 5 heteroatoms. The standard InChI is InChI=1S/C16H37P.C10H11NO3/c1-5-9-13-17(14-10-6-2,15-11-7-3)16-12-8-4;1-7(10(13)14)11-9(12)8-5-3-2-4-6-8/h17H,5-16H2,1-4H3;2-7H,1H3,(H,11,12)(H,13,14)/t;7-/m.0/s1. The summed E-state index contributed by atoms with van der Waals surface area (Å²) in [5.41, 5.74) is 0.459. The average Bonchev–Trinajstić information content (AvgIpc) is 2.79. The van der Waals surface area contributed by atoms with Crippen molar-refractivity contribution in [3.8, 4) is 0 Å². The van der Waals surface area contributed by atoms with Crippen molar-refractivity contribution < 1.29 is 14.7 Å². The third-order valence-electron chi connectivity index (χ3n) is 6.00. The fourth-order valence-electron chi connectivity index (χ4n) is 3.89. The molecule has 0 unspecified atom stereocenters. The van der Waals surface area contributed by atoms with Gasteiger partial charge in [-0.25, -0.2) is 0 Å². The smallest absolute Gasteiger partial charge is 0.325 e. The van der Waals surface area contributed by atoms with Gasteiger partial charge in [-0.1, -0.05) is 18.2 Å². The average molecular weight is 454 g/mol. The quantitative estimate of drug-likeness (QED) is 0.286. The second-order valence-electron chi connectivity index (χ2n) is 8.81. The van der Waals surface area contributed by atoms with Gasteiger partial charge in [-0.3, -0.25) is 9.59 Å². The zero-order chi connectivity index (χ0) is 23.5. The molecule has 0 aromatic heterocycles. The van der Waals surface area contributed by atoms with Crippen LogP contribution >= 0.6 is 7.26 Å². The molecule has 0 heterocycles. The topological polar surface area (TPSA) is 66.4 Å². The zero-order valence-corrected chi connectivity index (χ0v) is 21.7. The monoisotopic (exact) mass is 453 g/mol. The van der Waals surface area contributed by atoms with Gasteiger partial charge in [0.2, 0.25) is 0 Å². The predicted octanol–water partition coefficient (Wildman–Crippen LogP) is 6.83. The van der Waals surface area contributed by atoms with Gasteiger partial charge in [0, 0.05) is 5.56 Å². The fourth-order valence-corrected chi connectivity index (χ4v) is 9.80. The number of nitrogens with one attached hydrogen (secondary N) is 1. The van der Waals surface area contributed by atoms with Gasteiger partial charge in [-0.05, 0) is 19.1 Å². The largest absolute Gasteiger partial charge is 0.480 e. The van der Waals surface area contributed by atoms with Gasteiger partial charge in [0.1, 0.15) is 6.04 Å². The molecule has 0 bridgehead atoms. The molecule has 4 nitrogen and oxygen atoms in total. The van der Waals surface area contributed by atoms with E-state index in [4.69, 9.17) is 5.11 Å². The van der Waals surface area contributed by atoms with Crippen LogP contribution in [0.5, 0.6) is 0 Å². The number of unbranched alkanes of at least 4 members (excludes halogenated alkanes) is 4. The maximum Gasteiger partial charge on any atom is 0.325 e. The van der Waals surface area contributed by atoms with Crippen LogP contribution in [0.1, 0.15) is 96.3 Å². The first-order valence-electron chi connectivity index (χ1n) is 12.4. The molecule has 0 aliphatic heterocycles. The normalized spacial score (nSPS) is 12.4. The number of carbonyl (C=O) groups excluding carboxylic acids is 1. The Balaban J connectivity index is 0.000000590. The van der Waals surface area contributed by atoms with Crippen molar-refractivity contribution in [3.63, 3.8) is 0 Å². The van der Waals surface area contributed by atoms with Crippen molar-refractivity contribution in [1.82, 2.24) is 5.32 Å². The van der Waals surface area contributed by atoms with Gasteiger partial charge < -0.3 is 10.4 Å². The van der Waals surface area contributed by atoms with Gasteiger partial charge in [0.15, 0.2) is 0 Å². The van der Waals surface area contributed by atoms with Gasteiger partial charge in [0.25, 0.3) is 5.91 Å². The molecule has 1 amide bonds. The van der Waals surface area contributed by atoms with Crippen molar-refractivity contribution in [1.29, 1.82) is 0 Å². The molecular weight excluding hydrogens is 405 g/mol. The number of benzene rings is 1. The number of hydrogen-bond acceptors (Lipinski definition) is 2. The van der Waals surface area contributed by atoms with E-state index in [-0.39, 0.29) is 5.91 Å². The number of aliphatic carboxylic acids is 1. The van der Waals surface area contributed by atoms with Crippen molar-refractivity contribution >= 4 is 19.1 Å². The summed E-state index contributed by atoms with van der Waals surface area (Å²) in [6.45, 7) is 10.9. The molecule has 1 aromatic carbocycles. The molecule has 0 radical (unpaired) electrons. The minimum Gasteiger partial charge on any atom is -0.480 e. The molecule has 1 rings (SSSR count). The number of amides is 1. The summed E-state index contributed by atoms with van der Waals surface area (Å²) in [6, 6.07) is 7.62. The minimum atomic E-state index is -1.05. The van der Waals surface area contributed by atoms with E-state index in [1.807, 2.05) is 0 Å². The Morgan fingerprint density at radius 3 is 1.52 bits per heavy atom. The summed E-state index contributed by atoms with van der Waals surface area (Å²) < 4.78 is 0. The summed E-state index contributed by atoms with van der Waals surface area (Å²) >= 11 is 0. The molecule has 0 fully saturated rings. The maximum absolute atomic E-state index is 11.4. The van der Waals surface area contributed by atoms with E-state index in [2.05, 4.69) is 33.0 Å². The van der Waals surface area contributed by atoms with E-state index in [9.17, 15) is 9.59 Å². The van der Waals surface area contributed by atoms with E-state index in [0.29, 0.717) is 5.56 Å². The van der Waals surface area contributed by atoms with Crippen LogP contribution in [0, 0.1) is 0 Å². The fraction of sp³-hybridized carbons (Fsp3) is 0.692. The first-order valence-corrected chi connectivity index (χ1v) is 15.3. The van der Waals surface area contributed by atoms with Crippen LogP contribution in [-0.2, 0) is 4.79 Å². The van der Waals surface area contributed by atoms with Crippen LogP contribution in [0.3, 0.4) is 0 Å². The summed E-state index contributed by atoms with van der Waals surface area (Å²) in [4.78, 5) is 21.8. The zero-order valence-electron chi connectivity index (χ0n) is 20.7. The van der Waals surface area contributed by atoms with Crippen LogP contribution in [0.2, 0.25) is 0 Å². The molecular formula is C26H48NO3P. The first-order chi connectivity index (χ1) is 14.9. The van der Waals surface area contributed by atoms with Crippen molar-refractivity contribution in [3.05, 3.63) is 35.9 Å². The Kier molecular flexibility index (Phi) is 17.4. The van der Waals surface area contributed by atoms with Gasteiger partial charge in [-0.15, -0.1) is 0 Å². The second-order valence-corrected chi connectivity index (χ2v) is 13.8. The van der Waals surface area contributed by atoms with Crippen molar-refractivity contribution in [2.24, 2.45) is 0 Å². The number of hydrogen-bond donors (Lipinski definition) is 2. The third kappa shape index (κ3) is 13.6. The van der Waals surface area contributed by atoms with Crippen LogP contribution in [0.4, 0.5) is 0 Å². The Morgan fingerprint density at radius 1 is 0.806 bits per heavy atom. The van der Waals surface area contributed by atoms with Gasteiger partial charge >= 0.3 is 117 Å².